The average molecular weight is 334 g/mol. The lowest BCUT2D eigenvalue weighted by Gasteiger charge is -2.14. The van der Waals surface area contributed by atoms with Gasteiger partial charge in [-0.3, -0.25) is 0 Å². The van der Waals surface area contributed by atoms with E-state index in [0.717, 1.165) is 32.1 Å². The van der Waals surface area contributed by atoms with Crippen LogP contribution >= 0.6 is 0 Å². The van der Waals surface area contributed by atoms with Gasteiger partial charge in [0.2, 0.25) is 0 Å². The Hall–Kier alpha value is -1.84. The molecule has 24 heavy (non-hydrogen) atoms. The van der Waals surface area contributed by atoms with Crippen molar-refractivity contribution < 1.29 is 19.1 Å². The fraction of sp³-hybridized carbons (Fsp3) is 0.600. The third kappa shape index (κ3) is 7.62. The van der Waals surface area contributed by atoms with Crippen molar-refractivity contribution in [2.24, 2.45) is 5.92 Å². The molecule has 0 aliphatic rings. The van der Waals surface area contributed by atoms with E-state index in [1.54, 1.807) is 24.3 Å². The molecule has 0 fully saturated rings. The van der Waals surface area contributed by atoms with Gasteiger partial charge in [0, 0.05) is 0 Å². The second-order valence-corrected chi connectivity index (χ2v) is 6.61. The second kappa shape index (κ2) is 10.8. The molecule has 1 unspecified atom stereocenters. The molecule has 0 saturated heterocycles. The fourth-order valence-corrected chi connectivity index (χ4v) is 2.22. The Kier molecular flexibility index (Phi) is 9.13. The smallest absolute Gasteiger partial charge is 0.338 e. The van der Waals surface area contributed by atoms with Gasteiger partial charge in [-0.05, 0) is 56.4 Å². The van der Waals surface area contributed by atoms with Crippen molar-refractivity contribution in [2.45, 2.75) is 65.9 Å². The van der Waals surface area contributed by atoms with Crippen LogP contribution in [-0.4, -0.2) is 24.6 Å². The molecule has 0 amide bonds. The van der Waals surface area contributed by atoms with Crippen molar-refractivity contribution in [3.8, 4) is 0 Å². The van der Waals surface area contributed by atoms with Crippen LogP contribution in [0.2, 0.25) is 0 Å². The Labute approximate surface area is 145 Å². The van der Waals surface area contributed by atoms with E-state index in [9.17, 15) is 9.59 Å². The van der Waals surface area contributed by atoms with E-state index in [-0.39, 0.29) is 18.0 Å². The Bertz CT molecular complexity index is 505. The first-order valence-corrected chi connectivity index (χ1v) is 8.92. The summed E-state index contributed by atoms with van der Waals surface area (Å²) < 4.78 is 10.6. The van der Waals surface area contributed by atoms with E-state index in [1.165, 1.54) is 0 Å². The summed E-state index contributed by atoms with van der Waals surface area (Å²) in [5, 5.41) is 0. The highest BCUT2D eigenvalue weighted by Crippen LogP contribution is 2.13. The molecule has 1 rings (SSSR count). The summed E-state index contributed by atoms with van der Waals surface area (Å²) in [6, 6.07) is 6.44. The number of unbranched alkanes of at least 4 members (excludes halogenated alkanes) is 2. The SMILES string of the molecule is CCCCCOC(=O)c1ccc(C(=O)OC(C)CCC(C)C)cc1. The molecule has 4 nitrogen and oxygen atoms in total. The zero-order valence-electron chi connectivity index (χ0n) is 15.3. The third-order valence-corrected chi connectivity index (χ3v) is 3.80. The lowest BCUT2D eigenvalue weighted by molar-refractivity contribution is 0.0312. The van der Waals surface area contributed by atoms with Crippen LogP contribution in [-0.2, 0) is 9.47 Å². The topological polar surface area (TPSA) is 52.6 Å². The van der Waals surface area contributed by atoms with Crippen LogP contribution < -0.4 is 0 Å². The molecule has 1 aromatic carbocycles. The number of ether oxygens (including phenoxy) is 2. The zero-order chi connectivity index (χ0) is 17.9. The number of rotatable bonds is 10. The molecule has 0 heterocycles. The van der Waals surface area contributed by atoms with Gasteiger partial charge < -0.3 is 9.47 Å². The number of benzene rings is 1. The zero-order valence-corrected chi connectivity index (χ0v) is 15.3. The lowest BCUT2D eigenvalue weighted by Crippen LogP contribution is -2.16. The highest BCUT2D eigenvalue weighted by Gasteiger charge is 2.14. The van der Waals surface area contributed by atoms with Gasteiger partial charge in [0.15, 0.2) is 0 Å². The van der Waals surface area contributed by atoms with Crippen LogP contribution in [0.4, 0.5) is 0 Å². The highest BCUT2D eigenvalue weighted by atomic mass is 16.5. The summed E-state index contributed by atoms with van der Waals surface area (Å²) in [6.07, 6.45) is 4.78. The van der Waals surface area contributed by atoms with Gasteiger partial charge in [0.05, 0.1) is 23.8 Å². The molecule has 0 saturated carbocycles. The summed E-state index contributed by atoms with van der Waals surface area (Å²) in [5.41, 5.74) is 0.907. The highest BCUT2D eigenvalue weighted by molar-refractivity contribution is 5.93. The number of esters is 2. The first-order chi connectivity index (χ1) is 11.4. The molecular formula is C20H30O4. The van der Waals surface area contributed by atoms with Gasteiger partial charge >= 0.3 is 11.9 Å². The number of hydrogen-bond acceptors (Lipinski definition) is 4. The van der Waals surface area contributed by atoms with E-state index in [2.05, 4.69) is 20.8 Å². The molecular weight excluding hydrogens is 304 g/mol. The predicted octanol–water partition coefficient (Wildman–Crippen LogP) is 5.02. The van der Waals surface area contributed by atoms with Crippen molar-refractivity contribution >= 4 is 11.9 Å². The van der Waals surface area contributed by atoms with Gasteiger partial charge in [0.25, 0.3) is 0 Å². The van der Waals surface area contributed by atoms with Crippen LogP contribution in [0, 0.1) is 5.92 Å². The summed E-state index contributed by atoms with van der Waals surface area (Å²) in [7, 11) is 0. The van der Waals surface area contributed by atoms with Crippen molar-refractivity contribution in [1.82, 2.24) is 0 Å². The van der Waals surface area contributed by atoms with Gasteiger partial charge in [-0.1, -0.05) is 33.6 Å². The Morgan fingerprint density at radius 3 is 2.04 bits per heavy atom. The average Bonchev–Trinajstić information content (AvgIpc) is 2.56. The fourth-order valence-electron chi connectivity index (χ4n) is 2.22. The first kappa shape index (κ1) is 20.2. The van der Waals surface area contributed by atoms with Crippen LogP contribution in [0.25, 0.3) is 0 Å². The number of hydrogen-bond donors (Lipinski definition) is 0. The molecule has 0 radical (unpaired) electrons. The maximum Gasteiger partial charge on any atom is 0.338 e. The number of carbonyl (C=O) groups is 2. The summed E-state index contributed by atoms with van der Waals surface area (Å²) in [5.74, 6) is -0.112. The van der Waals surface area contributed by atoms with E-state index in [4.69, 9.17) is 9.47 Å². The van der Waals surface area contributed by atoms with E-state index in [1.807, 2.05) is 6.92 Å². The van der Waals surface area contributed by atoms with Gasteiger partial charge in [-0.2, -0.15) is 0 Å². The van der Waals surface area contributed by atoms with Crippen molar-refractivity contribution in [3.63, 3.8) is 0 Å². The predicted molar refractivity (Wildman–Crippen MR) is 95.2 cm³/mol. The maximum absolute atomic E-state index is 12.1. The van der Waals surface area contributed by atoms with Gasteiger partial charge in [0.1, 0.15) is 0 Å². The third-order valence-electron chi connectivity index (χ3n) is 3.80. The molecule has 0 aliphatic carbocycles. The minimum atomic E-state index is -0.353. The molecule has 1 atom stereocenters. The van der Waals surface area contributed by atoms with Crippen molar-refractivity contribution in [3.05, 3.63) is 35.4 Å². The van der Waals surface area contributed by atoms with Crippen LogP contribution in [0.1, 0.15) is 80.5 Å². The molecule has 0 aliphatic heterocycles. The quantitative estimate of drug-likeness (QED) is 0.445. The largest absolute Gasteiger partial charge is 0.462 e. The molecule has 0 bridgehead atoms. The minimum Gasteiger partial charge on any atom is -0.462 e. The minimum absolute atomic E-state index is 0.108. The standard InChI is InChI=1S/C20H30O4/c1-5-6-7-14-23-19(21)17-10-12-18(13-11-17)20(22)24-16(4)9-8-15(2)3/h10-13,15-16H,5-9,14H2,1-4H3. The normalized spacial score (nSPS) is 12.0. The number of carbonyl (C=O) groups excluding carboxylic acids is 2. The monoisotopic (exact) mass is 334 g/mol. The van der Waals surface area contributed by atoms with Crippen molar-refractivity contribution in [1.29, 1.82) is 0 Å². The van der Waals surface area contributed by atoms with Gasteiger partial charge in [-0.25, -0.2) is 9.59 Å². The maximum atomic E-state index is 12.1. The van der Waals surface area contributed by atoms with Crippen LogP contribution in [0.5, 0.6) is 0 Å². The lowest BCUT2D eigenvalue weighted by atomic mass is 10.1. The van der Waals surface area contributed by atoms with Crippen LogP contribution in [0.15, 0.2) is 24.3 Å². The second-order valence-electron chi connectivity index (χ2n) is 6.61. The Morgan fingerprint density at radius 2 is 1.50 bits per heavy atom. The molecule has 4 heteroatoms. The summed E-state index contributed by atoms with van der Waals surface area (Å²) in [6.45, 7) is 8.73. The Morgan fingerprint density at radius 1 is 0.917 bits per heavy atom. The Balaban J connectivity index is 2.48. The van der Waals surface area contributed by atoms with Gasteiger partial charge in [-0.15, -0.1) is 0 Å². The molecule has 0 spiro atoms. The molecule has 0 aromatic heterocycles. The summed E-state index contributed by atoms with van der Waals surface area (Å²) >= 11 is 0. The van der Waals surface area contributed by atoms with E-state index < -0.39 is 0 Å². The molecule has 1 aromatic rings. The first-order valence-electron chi connectivity index (χ1n) is 8.92. The van der Waals surface area contributed by atoms with Crippen molar-refractivity contribution in [2.75, 3.05) is 6.61 Å². The molecule has 134 valence electrons. The summed E-state index contributed by atoms with van der Waals surface area (Å²) in [4.78, 5) is 24.0. The van der Waals surface area contributed by atoms with E-state index in [0.29, 0.717) is 23.7 Å². The molecule has 0 N–H and O–H groups in total. The van der Waals surface area contributed by atoms with E-state index >= 15 is 0 Å². The van der Waals surface area contributed by atoms with Crippen LogP contribution in [0.3, 0.4) is 0 Å².